The first kappa shape index (κ1) is 14.6. The number of hydrogen-bond acceptors (Lipinski definition) is 4. The van der Waals surface area contributed by atoms with E-state index in [1.54, 1.807) is 7.11 Å². The van der Waals surface area contributed by atoms with Crippen LogP contribution in [0.15, 0.2) is 36.9 Å². The highest BCUT2D eigenvalue weighted by molar-refractivity contribution is 5.45. The molecule has 0 saturated carbocycles. The Kier molecular flexibility index (Phi) is 4.40. The van der Waals surface area contributed by atoms with Crippen molar-refractivity contribution in [1.29, 1.82) is 5.26 Å². The van der Waals surface area contributed by atoms with Crippen molar-refractivity contribution >= 4 is 0 Å². The van der Waals surface area contributed by atoms with Crippen LogP contribution in [0.1, 0.15) is 24.0 Å². The van der Waals surface area contributed by atoms with Crippen LogP contribution in [0.2, 0.25) is 0 Å². The zero-order chi connectivity index (χ0) is 15.4. The Morgan fingerprint density at radius 1 is 1.45 bits per heavy atom. The molecule has 0 amide bonds. The van der Waals surface area contributed by atoms with Crippen molar-refractivity contribution in [2.45, 2.75) is 32.0 Å². The normalized spacial score (nSPS) is 18.3. The van der Waals surface area contributed by atoms with Crippen LogP contribution in [0.5, 0.6) is 5.75 Å². The van der Waals surface area contributed by atoms with Gasteiger partial charge in [0.25, 0.3) is 0 Å². The van der Waals surface area contributed by atoms with Crippen LogP contribution in [-0.2, 0) is 13.1 Å². The largest absolute Gasteiger partial charge is 0.495 e. The molecule has 114 valence electrons. The lowest BCUT2D eigenvalue weighted by atomic mass is 10.1. The Balaban J connectivity index is 1.70. The zero-order valence-corrected chi connectivity index (χ0v) is 12.8. The Bertz CT molecular complexity index is 660. The van der Waals surface area contributed by atoms with E-state index in [0.29, 0.717) is 17.4 Å². The second kappa shape index (κ2) is 6.63. The predicted octanol–water partition coefficient (Wildman–Crippen LogP) is 2.43. The monoisotopic (exact) mass is 296 g/mol. The fraction of sp³-hybridized carbons (Fsp3) is 0.412. The molecule has 0 bridgehead atoms. The van der Waals surface area contributed by atoms with Gasteiger partial charge in [-0.1, -0.05) is 6.07 Å². The summed E-state index contributed by atoms with van der Waals surface area (Å²) in [6.07, 6.45) is 8.14. The van der Waals surface area contributed by atoms with Crippen molar-refractivity contribution in [3.8, 4) is 11.8 Å². The molecule has 0 N–H and O–H groups in total. The summed E-state index contributed by atoms with van der Waals surface area (Å²) in [6, 6.07) is 8.60. The summed E-state index contributed by atoms with van der Waals surface area (Å²) in [5, 5.41) is 9.20. The lowest BCUT2D eigenvalue weighted by Gasteiger charge is -2.25. The minimum Gasteiger partial charge on any atom is -0.495 e. The van der Waals surface area contributed by atoms with Gasteiger partial charge >= 0.3 is 0 Å². The van der Waals surface area contributed by atoms with Gasteiger partial charge in [-0.3, -0.25) is 4.90 Å². The minimum atomic E-state index is 0.529. The predicted molar refractivity (Wildman–Crippen MR) is 83.4 cm³/mol. The van der Waals surface area contributed by atoms with Crippen LogP contribution in [0.3, 0.4) is 0 Å². The van der Waals surface area contributed by atoms with Crippen molar-refractivity contribution < 1.29 is 4.74 Å². The minimum absolute atomic E-state index is 0.529. The molecule has 0 spiro atoms. The van der Waals surface area contributed by atoms with Gasteiger partial charge in [0.05, 0.1) is 19.0 Å². The Morgan fingerprint density at radius 2 is 2.36 bits per heavy atom. The molecule has 1 fully saturated rings. The first-order valence-electron chi connectivity index (χ1n) is 7.57. The van der Waals surface area contributed by atoms with E-state index in [9.17, 15) is 5.26 Å². The molecule has 5 nitrogen and oxygen atoms in total. The average Bonchev–Trinajstić information content (AvgIpc) is 3.20. The number of rotatable bonds is 5. The average molecular weight is 296 g/mol. The molecule has 1 saturated heterocycles. The number of benzene rings is 1. The van der Waals surface area contributed by atoms with Crippen LogP contribution < -0.4 is 4.74 Å². The number of nitriles is 1. The van der Waals surface area contributed by atoms with E-state index in [1.165, 1.54) is 12.8 Å². The standard InChI is InChI=1S/C17H20N4O/c1-22-17-5-4-14(9-15(17)10-18)11-21-7-2-3-16(21)12-20-8-6-19-13-20/h4-6,8-9,13,16H,2-3,7,11-12H2,1H3/t16-/m0/s1. The lowest BCUT2D eigenvalue weighted by molar-refractivity contribution is 0.224. The summed E-state index contributed by atoms with van der Waals surface area (Å²) in [5.74, 6) is 0.641. The highest BCUT2D eigenvalue weighted by Gasteiger charge is 2.24. The van der Waals surface area contributed by atoms with Gasteiger partial charge in [0.15, 0.2) is 0 Å². The summed E-state index contributed by atoms with van der Waals surface area (Å²) in [7, 11) is 1.59. The third-order valence-corrected chi connectivity index (χ3v) is 4.25. The van der Waals surface area contributed by atoms with Crippen LogP contribution in [0.4, 0.5) is 0 Å². The number of imidazole rings is 1. The van der Waals surface area contributed by atoms with Gasteiger partial charge in [-0.25, -0.2) is 4.98 Å². The highest BCUT2D eigenvalue weighted by Crippen LogP contribution is 2.24. The number of likely N-dealkylation sites (tertiary alicyclic amines) is 1. The molecule has 0 unspecified atom stereocenters. The smallest absolute Gasteiger partial charge is 0.136 e. The van der Waals surface area contributed by atoms with E-state index in [1.807, 2.05) is 36.9 Å². The van der Waals surface area contributed by atoms with Crippen molar-refractivity contribution in [2.24, 2.45) is 0 Å². The van der Waals surface area contributed by atoms with Gasteiger partial charge in [0, 0.05) is 31.5 Å². The number of methoxy groups -OCH3 is 1. The number of nitrogens with zero attached hydrogens (tertiary/aromatic N) is 4. The SMILES string of the molecule is COc1ccc(CN2CCC[C@H]2Cn2ccnc2)cc1C#N. The molecule has 1 aliphatic rings. The highest BCUT2D eigenvalue weighted by atomic mass is 16.5. The van der Waals surface area contributed by atoms with Gasteiger partial charge < -0.3 is 9.30 Å². The molecular formula is C17H20N4O. The molecule has 1 atom stereocenters. The number of ether oxygens (including phenoxy) is 1. The van der Waals surface area contributed by atoms with Gasteiger partial charge in [0.1, 0.15) is 11.8 Å². The quantitative estimate of drug-likeness (QED) is 0.850. The van der Waals surface area contributed by atoms with Crippen LogP contribution in [-0.4, -0.2) is 34.1 Å². The van der Waals surface area contributed by atoms with Crippen molar-refractivity contribution in [3.05, 3.63) is 48.0 Å². The van der Waals surface area contributed by atoms with Crippen LogP contribution in [0.25, 0.3) is 0 Å². The maximum Gasteiger partial charge on any atom is 0.136 e. The third kappa shape index (κ3) is 3.12. The van der Waals surface area contributed by atoms with E-state index in [2.05, 4.69) is 20.5 Å². The molecule has 1 aromatic heterocycles. The van der Waals surface area contributed by atoms with E-state index in [-0.39, 0.29) is 0 Å². The lowest BCUT2D eigenvalue weighted by Crippen LogP contribution is -2.32. The van der Waals surface area contributed by atoms with E-state index in [4.69, 9.17) is 4.74 Å². The summed E-state index contributed by atoms with van der Waals surface area (Å²) in [5.41, 5.74) is 1.76. The maximum atomic E-state index is 9.20. The van der Waals surface area contributed by atoms with Gasteiger partial charge in [-0.15, -0.1) is 0 Å². The summed E-state index contributed by atoms with van der Waals surface area (Å²) in [4.78, 5) is 6.60. The van der Waals surface area contributed by atoms with Gasteiger partial charge in [0.2, 0.25) is 0 Å². The Labute approximate surface area is 130 Å². The van der Waals surface area contributed by atoms with Gasteiger partial charge in [-0.2, -0.15) is 5.26 Å². The molecule has 2 heterocycles. The molecule has 5 heteroatoms. The van der Waals surface area contributed by atoms with Crippen molar-refractivity contribution in [2.75, 3.05) is 13.7 Å². The molecule has 3 rings (SSSR count). The molecule has 1 aliphatic heterocycles. The number of hydrogen-bond donors (Lipinski definition) is 0. The molecular weight excluding hydrogens is 276 g/mol. The van der Waals surface area contributed by atoms with Gasteiger partial charge in [-0.05, 0) is 37.1 Å². The summed E-state index contributed by atoms with van der Waals surface area (Å²) >= 11 is 0. The third-order valence-electron chi connectivity index (χ3n) is 4.25. The van der Waals surface area contributed by atoms with Crippen molar-refractivity contribution in [1.82, 2.24) is 14.5 Å². The van der Waals surface area contributed by atoms with E-state index < -0.39 is 0 Å². The van der Waals surface area contributed by atoms with E-state index >= 15 is 0 Å². The fourth-order valence-electron chi connectivity index (χ4n) is 3.12. The summed E-state index contributed by atoms with van der Waals surface area (Å²) in [6.45, 7) is 2.95. The molecule has 2 aromatic rings. The van der Waals surface area contributed by atoms with Crippen molar-refractivity contribution in [3.63, 3.8) is 0 Å². The van der Waals surface area contributed by atoms with Crippen LogP contribution >= 0.6 is 0 Å². The first-order chi connectivity index (χ1) is 10.8. The van der Waals surface area contributed by atoms with E-state index in [0.717, 1.165) is 25.2 Å². The maximum absolute atomic E-state index is 9.20. The molecule has 1 aromatic carbocycles. The molecule has 22 heavy (non-hydrogen) atoms. The first-order valence-corrected chi connectivity index (χ1v) is 7.57. The summed E-state index contributed by atoms with van der Waals surface area (Å²) < 4.78 is 7.34. The molecule has 0 radical (unpaired) electrons. The zero-order valence-electron chi connectivity index (χ0n) is 12.8. The Hall–Kier alpha value is -2.32. The fourth-order valence-corrected chi connectivity index (χ4v) is 3.12. The van der Waals surface area contributed by atoms with Crippen LogP contribution in [0, 0.1) is 11.3 Å². The second-order valence-corrected chi connectivity index (χ2v) is 5.67. The Morgan fingerprint density at radius 3 is 3.09 bits per heavy atom. The second-order valence-electron chi connectivity index (χ2n) is 5.67. The topological polar surface area (TPSA) is 54.1 Å². The number of aromatic nitrogens is 2. The molecule has 0 aliphatic carbocycles.